The molecule has 2 aromatic carbocycles. The van der Waals surface area contributed by atoms with Crippen LogP contribution in [0.4, 0.5) is 0 Å². The van der Waals surface area contributed by atoms with Crippen LogP contribution in [0, 0.1) is 17.2 Å². The number of nitriles is 1. The molecule has 1 aliphatic rings. The summed E-state index contributed by atoms with van der Waals surface area (Å²) in [7, 11) is 1.58. The van der Waals surface area contributed by atoms with E-state index in [1.807, 2.05) is 13.8 Å². The normalized spacial score (nSPS) is 14.7. The number of benzene rings is 2. The molecule has 1 aliphatic heterocycles. The van der Waals surface area contributed by atoms with E-state index >= 15 is 0 Å². The highest BCUT2D eigenvalue weighted by Gasteiger charge is 2.32. The lowest BCUT2D eigenvalue weighted by molar-refractivity contribution is -0.142. The van der Waals surface area contributed by atoms with E-state index in [0.717, 1.165) is 0 Å². The lowest BCUT2D eigenvalue weighted by atomic mass is 10.0. The maximum Gasteiger partial charge on any atom is 0.264 e. The highest BCUT2D eigenvalue weighted by molar-refractivity contribution is 5.94. The minimum atomic E-state index is -0.696. The standard InChI is InChI=1S/C24H27N3O4/c1-17(2)22(31-21-7-5-4-6-19(21)16-25)24(29)27-14-12-26(13-15-27)23(28)18-8-10-20(30-3)11-9-18/h4-11,17,22H,12-15H2,1-3H3. The monoisotopic (exact) mass is 421 g/mol. The van der Waals surface area contributed by atoms with E-state index < -0.39 is 6.10 Å². The third kappa shape index (κ3) is 5.15. The van der Waals surface area contributed by atoms with Gasteiger partial charge in [-0.25, -0.2) is 0 Å². The van der Waals surface area contributed by atoms with Crippen LogP contribution in [0.15, 0.2) is 48.5 Å². The second-order valence-corrected chi connectivity index (χ2v) is 7.74. The van der Waals surface area contributed by atoms with Crippen LogP contribution in [0.3, 0.4) is 0 Å². The summed E-state index contributed by atoms with van der Waals surface area (Å²) in [6.45, 7) is 5.62. The molecule has 31 heavy (non-hydrogen) atoms. The highest BCUT2D eigenvalue weighted by atomic mass is 16.5. The largest absolute Gasteiger partial charge is 0.497 e. The van der Waals surface area contributed by atoms with Crippen molar-refractivity contribution >= 4 is 11.8 Å². The number of amides is 2. The van der Waals surface area contributed by atoms with Gasteiger partial charge in [0.1, 0.15) is 17.6 Å². The molecule has 2 aromatic rings. The van der Waals surface area contributed by atoms with Crippen LogP contribution in [0.1, 0.15) is 29.8 Å². The maximum atomic E-state index is 13.2. The van der Waals surface area contributed by atoms with Gasteiger partial charge < -0.3 is 19.3 Å². The molecule has 0 saturated carbocycles. The summed E-state index contributed by atoms with van der Waals surface area (Å²) in [4.78, 5) is 29.4. The smallest absolute Gasteiger partial charge is 0.264 e. The Labute approximate surface area is 182 Å². The molecule has 0 spiro atoms. The molecule has 0 N–H and O–H groups in total. The first kappa shape index (κ1) is 22.2. The number of piperazine rings is 1. The van der Waals surface area contributed by atoms with Gasteiger partial charge in [-0.05, 0) is 42.3 Å². The van der Waals surface area contributed by atoms with E-state index in [4.69, 9.17) is 9.47 Å². The Balaban J connectivity index is 1.63. The minimum Gasteiger partial charge on any atom is -0.497 e. The van der Waals surface area contributed by atoms with Crippen molar-refractivity contribution in [3.05, 3.63) is 59.7 Å². The molecule has 7 heteroatoms. The second kappa shape index (κ2) is 9.98. The van der Waals surface area contributed by atoms with Gasteiger partial charge in [-0.1, -0.05) is 26.0 Å². The fourth-order valence-electron chi connectivity index (χ4n) is 3.50. The van der Waals surface area contributed by atoms with Crippen molar-refractivity contribution in [2.45, 2.75) is 20.0 Å². The zero-order chi connectivity index (χ0) is 22.4. The van der Waals surface area contributed by atoms with Gasteiger partial charge in [-0.3, -0.25) is 9.59 Å². The first-order valence-electron chi connectivity index (χ1n) is 10.3. The van der Waals surface area contributed by atoms with Gasteiger partial charge in [0.05, 0.1) is 12.7 Å². The van der Waals surface area contributed by atoms with E-state index in [9.17, 15) is 14.9 Å². The van der Waals surface area contributed by atoms with E-state index in [1.54, 1.807) is 65.4 Å². The Morgan fingerprint density at radius 3 is 2.16 bits per heavy atom. The molecule has 0 aromatic heterocycles. The van der Waals surface area contributed by atoms with Crippen molar-refractivity contribution in [1.29, 1.82) is 5.26 Å². The van der Waals surface area contributed by atoms with Gasteiger partial charge >= 0.3 is 0 Å². The van der Waals surface area contributed by atoms with Crippen LogP contribution in [0.25, 0.3) is 0 Å². The van der Waals surface area contributed by atoms with E-state index in [-0.39, 0.29) is 17.7 Å². The van der Waals surface area contributed by atoms with Gasteiger partial charge in [0.2, 0.25) is 0 Å². The number of nitrogens with zero attached hydrogens (tertiary/aromatic N) is 3. The third-order valence-electron chi connectivity index (χ3n) is 5.33. The SMILES string of the molecule is COc1ccc(C(=O)N2CCN(C(=O)C(Oc3ccccc3C#N)C(C)C)CC2)cc1. The lowest BCUT2D eigenvalue weighted by Crippen LogP contribution is -2.54. The van der Waals surface area contributed by atoms with Crippen LogP contribution >= 0.6 is 0 Å². The Kier molecular flexibility index (Phi) is 7.14. The summed E-state index contributed by atoms with van der Waals surface area (Å²) < 4.78 is 11.1. The maximum absolute atomic E-state index is 13.2. The number of rotatable bonds is 6. The molecule has 1 heterocycles. The quantitative estimate of drug-likeness (QED) is 0.716. The second-order valence-electron chi connectivity index (χ2n) is 7.74. The minimum absolute atomic E-state index is 0.0608. The van der Waals surface area contributed by atoms with E-state index in [1.165, 1.54) is 0 Å². The van der Waals surface area contributed by atoms with Crippen LogP contribution in [0.2, 0.25) is 0 Å². The summed E-state index contributed by atoms with van der Waals surface area (Å²) in [6.07, 6.45) is -0.696. The molecule has 1 unspecified atom stereocenters. The predicted molar refractivity (Wildman–Crippen MR) is 116 cm³/mol. The van der Waals surface area contributed by atoms with Gasteiger partial charge in [-0.2, -0.15) is 5.26 Å². The van der Waals surface area contributed by atoms with Crippen LogP contribution in [0.5, 0.6) is 11.5 Å². The average molecular weight is 421 g/mol. The number of hydrogen-bond donors (Lipinski definition) is 0. The zero-order valence-electron chi connectivity index (χ0n) is 18.1. The van der Waals surface area contributed by atoms with E-state index in [2.05, 4.69) is 6.07 Å². The van der Waals surface area contributed by atoms with Crippen molar-refractivity contribution < 1.29 is 19.1 Å². The highest BCUT2D eigenvalue weighted by Crippen LogP contribution is 2.22. The Hall–Kier alpha value is -3.53. The Bertz CT molecular complexity index is 958. The number of carbonyl (C=O) groups is 2. The summed E-state index contributed by atoms with van der Waals surface area (Å²) in [5, 5.41) is 9.29. The fourth-order valence-corrected chi connectivity index (χ4v) is 3.50. The topological polar surface area (TPSA) is 82.9 Å². The average Bonchev–Trinajstić information content (AvgIpc) is 2.81. The van der Waals surface area contributed by atoms with Crippen molar-refractivity contribution in [3.8, 4) is 17.6 Å². The lowest BCUT2D eigenvalue weighted by Gasteiger charge is -2.37. The van der Waals surface area contributed by atoms with Crippen molar-refractivity contribution in [2.75, 3.05) is 33.3 Å². The first-order valence-corrected chi connectivity index (χ1v) is 10.3. The molecule has 2 amide bonds. The molecule has 162 valence electrons. The van der Waals surface area contributed by atoms with Gasteiger partial charge in [-0.15, -0.1) is 0 Å². The Morgan fingerprint density at radius 1 is 0.968 bits per heavy atom. The molecule has 0 aliphatic carbocycles. The van der Waals surface area contributed by atoms with Gasteiger partial charge in [0.15, 0.2) is 6.10 Å². The van der Waals surface area contributed by atoms with Gasteiger partial charge in [0.25, 0.3) is 11.8 Å². The molecular formula is C24H27N3O4. The van der Waals surface area contributed by atoms with Crippen LogP contribution in [-0.4, -0.2) is 61.0 Å². The molecular weight excluding hydrogens is 394 g/mol. The number of ether oxygens (including phenoxy) is 2. The third-order valence-corrected chi connectivity index (χ3v) is 5.33. The molecule has 0 radical (unpaired) electrons. The summed E-state index contributed by atoms with van der Waals surface area (Å²) in [6, 6.07) is 16.0. The molecule has 1 saturated heterocycles. The number of hydrogen-bond acceptors (Lipinski definition) is 5. The van der Waals surface area contributed by atoms with Crippen LogP contribution in [-0.2, 0) is 4.79 Å². The summed E-state index contributed by atoms with van der Waals surface area (Å²) >= 11 is 0. The molecule has 7 nitrogen and oxygen atoms in total. The van der Waals surface area contributed by atoms with Gasteiger partial charge in [0, 0.05) is 31.7 Å². The van der Waals surface area contributed by atoms with Crippen molar-refractivity contribution in [3.63, 3.8) is 0 Å². The van der Waals surface area contributed by atoms with Crippen LogP contribution < -0.4 is 9.47 Å². The zero-order valence-corrected chi connectivity index (χ0v) is 18.1. The fraction of sp³-hybridized carbons (Fsp3) is 0.375. The predicted octanol–water partition coefficient (Wildman–Crippen LogP) is 2.95. The number of para-hydroxylation sites is 1. The first-order chi connectivity index (χ1) is 14.9. The summed E-state index contributed by atoms with van der Waals surface area (Å²) in [5.74, 6) is 0.849. The Morgan fingerprint density at radius 2 is 1.58 bits per heavy atom. The number of carbonyl (C=O) groups excluding carboxylic acids is 2. The van der Waals surface area contributed by atoms with Crippen molar-refractivity contribution in [1.82, 2.24) is 9.80 Å². The molecule has 1 fully saturated rings. The molecule has 3 rings (SSSR count). The summed E-state index contributed by atoms with van der Waals surface area (Å²) in [5.41, 5.74) is 0.993. The molecule has 0 bridgehead atoms. The van der Waals surface area contributed by atoms with E-state index in [0.29, 0.717) is 48.8 Å². The molecule has 1 atom stereocenters. The number of methoxy groups -OCH3 is 1. The van der Waals surface area contributed by atoms with Crippen molar-refractivity contribution in [2.24, 2.45) is 5.92 Å².